The highest BCUT2D eigenvalue weighted by Gasteiger charge is 2.22. The Morgan fingerprint density at radius 3 is 2.30 bits per heavy atom. The summed E-state index contributed by atoms with van der Waals surface area (Å²) in [6.07, 6.45) is 1.65. The summed E-state index contributed by atoms with van der Waals surface area (Å²) in [7, 11) is 1.62. The fourth-order valence-electron chi connectivity index (χ4n) is 3.49. The lowest BCUT2D eigenvalue weighted by atomic mass is 10.2. The summed E-state index contributed by atoms with van der Waals surface area (Å²) in [6.45, 7) is 3.21. The molecule has 0 saturated carbocycles. The highest BCUT2D eigenvalue weighted by Crippen LogP contribution is 2.24. The summed E-state index contributed by atoms with van der Waals surface area (Å²) in [4.78, 5) is 8.68. The fourth-order valence-corrected chi connectivity index (χ4v) is 3.49. The standard InChI is InChI=1S/C23H24N4O3/c1-29-20-7-9-21(10-8-20)30-22-17-18(11-12-24-22)23(25-28)27-15-13-26(14-16-27)19-5-3-2-4-6-19/h2-12,17,28H,13-16H2,1H3/b25-23-. The highest BCUT2D eigenvalue weighted by molar-refractivity contribution is 5.98. The molecule has 0 spiro atoms. The molecule has 0 bridgehead atoms. The van der Waals surface area contributed by atoms with E-state index < -0.39 is 0 Å². The van der Waals surface area contributed by atoms with E-state index in [1.54, 1.807) is 19.4 Å². The molecule has 1 aliphatic heterocycles. The van der Waals surface area contributed by atoms with Crippen molar-refractivity contribution in [3.8, 4) is 17.4 Å². The number of piperazine rings is 1. The summed E-state index contributed by atoms with van der Waals surface area (Å²) in [5, 5.41) is 13.3. The third-order valence-electron chi connectivity index (χ3n) is 5.07. The second-order valence-corrected chi connectivity index (χ2v) is 6.89. The van der Waals surface area contributed by atoms with Crippen LogP contribution in [0.4, 0.5) is 5.69 Å². The molecule has 3 aromatic rings. The van der Waals surface area contributed by atoms with Crippen LogP contribution < -0.4 is 14.4 Å². The van der Waals surface area contributed by atoms with Crippen molar-refractivity contribution in [3.05, 3.63) is 78.5 Å². The number of benzene rings is 2. The summed E-state index contributed by atoms with van der Waals surface area (Å²) in [5.41, 5.74) is 1.96. The van der Waals surface area contributed by atoms with Gasteiger partial charge in [-0.15, -0.1) is 0 Å². The Morgan fingerprint density at radius 2 is 1.63 bits per heavy atom. The van der Waals surface area contributed by atoms with Gasteiger partial charge >= 0.3 is 0 Å². The first-order chi connectivity index (χ1) is 14.8. The van der Waals surface area contributed by atoms with Crippen LogP contribution >= 0.6 is 0 Å². The smallest absolute Gasteiger partial charge is 0.219 e. The molecule has 0 amide bonds. The number of anilines is 1. The van der Waals surface area contributed by atoms with Gasteiger partial charge in [-0.2, -0.15) is 0 Å². The van der Waals surface area contributed by atoms with Gasteiger partial charge < -0.3 is 24.5 Å². The number of ether oxygens (including phenoxy) is 2. The van der Waals surface area contributed by atoms with Crippen molar-refractivity contribution in [1.29, 1.82) is 0 Å². The molecule has 1 fully saturated rings. The number of para-hydroxylation sites is 1. The lowest BCUT2D eigenvalue weighted by Crippen LogP contribution is -2.49. The largest absolute Gasteiger partial charge is 0.497 e. The Hall–Kier alpha value is -3.74. The number of amidine groups is 1. The minimum Gasteiger partial charge on any atom is -0.497 e. The van der Waals surface area contributed by atoms with Gasteiger partial charge in [-0.3, -0.25) is 0 Å². The molecule has 1 aliphatic rings. The molecule has 0 radical (unpaired) electrons. The maximum atomic E-state index is 9.71. The van der Waals surface area contributed by atoms with E-state index in [1.165, 1.54) is 5.69 Å². The van der Waals surface area contributed by atoms with Crippen LogP contribution in [0.1, 0.15) is 5.56 Å². The minimum absolute atomic E-state index is 0.432. The third-order valence-corrected chi connectivity index (χ3v) is 5.07. The molecule has 1 saturated heterocycles. The monoisotopic (exact) mass is 404 g/mol. The molecule has 1 N–H and O–H groups in total. The van der Waals surface area contributed by atoms with Crippen molar-refractivity contribution in [2.24, 2.45) is 5.16 Å². The topological polar surface area (TPSA) is 70.4 Å². The fraction of sp³-hybridized carbons (Fsp3) is 0.217. The van der Waals surface area contributed by atoms with E-state index in [-0.39, 0.29) is 0 Å². The predicted octanol–water partition coefficient (Wildman–Crippen LogP) is 3.84. The molecule has 154 valence electrons. The van der Waals surface area contributed by atoms with Crippen LogP contribution in [0, 0.1) is 0 Å². The molecular weight excluding hydrogens is 380 g/mol. The number of hydrogen-bond acceptors (Lipinski definition) is 6. The summed E-state index contributed by atoms with van der Waals surface area (Å²) >= 11 is 0. The molecule has 0 unspecified atom stereocenters. The first kappa shape index (κ1) is 19.6. The third kappa shape index (κ3) is 4.46. The lowest BCUT2D eigenvalue weighted by Gasteiger charge is -2.37. The van der Waals surface area contributed by atoms with Gasteiger partial charge in [0.2, 0.25) is 5.88 Å². The van der Waals surface area contributed by atoms with Crippen LogP contribution in [0.25, 0.3) is 0 Å². The van der Waals surface area contributed by atoms with Gasteiger partial charge in [0.25, 0.3) is 0 Å². The predicted molar refractivity (Wildman–Crippen MR) is 116 cm³/mol. The van der Waals surface area contributed by atoms with Crippen molar-refractivity contribution in [1.82, 2.24) is 9.88 Å². The Balaban J connectivity index is 1.44. The first-order valence-electron chi connectivity index (χ1n) is 9.82. The van der Waals surface area contributed by atoms with Crippen LogP contribution in [0.5, 0.6) is 17.4 Å². The van der Waals surface area contributed by atoms with Gasteiger partial charge in [0, 0.05) is 49.7 Å². The second-order valence-electron chi connectivity index (χ2n) is 6.89. The number of nitrogens with zero attached hydrogens (tertiary/aromatic N) is 4. The maximum Gasteiger partial charge on any atom is 0.219 e. The molecule has 2 heterocycles. The SMILES string of the molecule is COc1ccc(Oc2cc(/C(=N/O)N3CCN(c4ccccc4)CC3)ccn2)cc1. The van der Waals surface area contributed by atoms with Gasteiger partial charge in [0.05, 0.1) is 7.11 Å². The minimum atomic E-state index is 0.432. The molecule has 4 rings (SSSR count). The summed E-state index contributed by atoms with van der Waals surface area (Å²) in [5.74, 6) is 2.36. The first-order valence-corrected chi connectivity index (χ1v) is 9.82. The molecule has 2 aromatic carbocycles. The average molecular weight is 404 g/mol. The van der Waals surface area contributed by atoms with Crippen molar-refractivity contribution >= 4 is 11.5 Å². The van der Waals surface area contributed by atoms with E-state index in [0.29, 0.717) is 17.5 Å². The normalized spacial score (nSPS) is 14.5. The zero-order valence-electron chi connectivity index (χ0n) is 16.8. The van der Waals surface area contributed by atoms with Gasteiger partial charge in [0.1, 0.15) is 11.5 Å². The number of rotatable bonds is 5. The van der Waals surface area contributed by atoms with Crippen LogP contribution in [0.15, 0.2) is 78.1 Å². The molecule has 7 heteroatoms. The molecule has 1 aromatic heterocycles. The van der Waals surface area contributed by atoms with E-state index in [2.05, 4.69) is 32.1 Å². The highest BCUT2D eigenvalue weighted by atomic mass is 16.5. The zero-order valence-corrected chi connectivity index (χ0v) is 16.8. The Kier molecular flexibility index (Phi) is 5.98. The Bertz CT molecular complexity index is 985. The quantitative estimate of drug-likeness (QED) is 0.302. The van der Waals surface area contributed by atoms with Crippen molar-refractivity contribution in [2.45, 2.75) is 0 Å². The van der Waals surface area contributed by atoms with E-state index >= 15 is 0 Å². The zero-order chi connectivity index (χ0) is 20.8. The average Bonchev–Trinajstić information content (AvgIpc) is 2.81. The van der Waals surface area contributed by atoms with Crippen LogP contribution in [-0.4, -0.2) is 54.2 Å². The summed E-state index contributed by atoms with van der Waals surface area (Å²) < 4.78 is 11.0. The lowest BCUT2D eigenvalue weighted by molar-refractivity contribution is 0.296. The molecule has 7 nitrogen and oxygen atoms in total. The van der Waals surface area contributed by atoms with Gasteiger partial charge in [-0.1, -0.05) is 23.4 Å². The van der Waals surface area contributed by atoms with Crippen molar-refractivity contribution < 1.29 is 14.7 Å². The van der Waals surface area contributed by atoms with Gasteiger partial charge in [-0.05, 0) is 42.5 Å². The van der Waals surface area contributed by atoms with Gasteiger partial charge in [0.15, 0.2) is 5.84 Å². The molecule has 0 atom stereocenters. The van der Waals surface area contributed by atoms with E-state index in [1.807, 2.05) is 48.5 Å². The number of pyridine rings is 1. The number of methoxy groups -OCH3 is 1. The van der Waals surface area contributed by atoms with Crippen LogP contribution in [-0.2, 0) is 0 Å². The van der Waals surface area contributed by atoms with Crippen LogP contribution in [0.2, 0.25) is 0 Å². The number of oxime groups is 1. The van der Waals surface area contributed by atoms with Crippen molar-refractivity contribution in [2.75, 3.05) is 38.2 Å². The van der Waals surface area contributed by atoms with E-state index in [4.69, 9.17) is 9.47 Å². The van der Waals surface area contributed by atoms with Gasteiger partial charge in [-0.25, -0.2) is 4.98 Å². The number of hydrogen-bond donors (Lipinski definition) is 1. The number of aromatic nitrogens is 1. The van der Waals surface area contributed by atoms with E-state index in [0.717, 1.165) is 37.5 Å². The second kappa shape index (κ2) is 9.17. The summed E-state index contributed by atoms with van der Waals surface area (Å²) in [6, 6.07) is 21.2. The Morgan fingerprint density at radius 1 is 0.933 bits per heavy atom. The van der Waals surface area contributed by atoms with Crippen molar-refractivity contribution in [3.63, 3.8) is 0 Å². The molecular formula is C23H24N4O3. The van der Waals surface area contributed by atoms with E-state index in [9.17, 15) is 5.21 Å². The maximum absolute atomic E-state index is 9.71. The van der Waals surface area contributed by atoms with Crippen LogP contribution in [0.3, 0.4) is 0 Å². The molecule has 0 aliphatic carbocycles. The molecule has 30 heavy (non-hydrogen) atoms. The Labute approximate surface area is 175 Å².